The van der Waals surface area contributed by atoms with Crippen LogP contribution in [0.1, 0.15) is 45.1 Å². The van der Waals surface area contributed by atoms with Crippen LogP contribution in [0.5, 0.6) is 5.75 Å². The number of hydrogen-bond donors (Lipinski definition) is 0. The highest BCUT2D eigenvalue weighted by atomic mass is 16.5. The first kappa shape index (κ1) is 14.7. The van der Waals surface area contributed by atoms with E-state index in [2.05, 4.69) is 6.92 Å². The number of benzene rings is 1. The molecule has 2 heteroatoms. The molecule has 0 saturated heterocycles. The maximum Gasteiger partial charge on any atom is 0.313 e. The minimum atomic E-state index is -0.182. The van der Waals surface area contributed by atoms with Crippen molar-refractivity contribution < 1.29 is 9.53 Å². The molecule has 0 aliphatic rings. The second-order valence-electron chi connectivity index (χ2n) is 4.88. The zero-order valence-corrected chi connectivity index (χ0v) is 11.4. The third kappa shape index (κ3) is 5.35. The normalized spacial score (nSPS) is 10.7. The molecule has 0 heterocycles. The molecule has 1 aromatic carbocycles. The Balaban J connectivity index is 2.40. The molecule has 0 fully saturated rings. The van der Waals surface area contributed by atoms with Gasteiger partial charge in [-0.3, -0.25) is 4.79 Å². The van der Waals surface area contributed by atoms with E-state index >= 15 is 0 Å². The van der Waals surface area contributed by atoms with Gasteiger partial charge in [-0.2, -0.15) is 0 Å². The Bertz CT molecular complexity index is 352. The first-order valence-electron chi connectivity index (χ1n) is 6.73. The van der Waals surface area contributed by atoms with Gasteiger partial charge in [0.25, 0.3) is 0 Å². The molecule has 1 aromatic rings. The summed E-state index contributed by atoms with van der Waals surface area (Å²) in [5, 5.41) is 0. The second kappa shape index (κ2) is 7.91. The van der Waals surface area contributed by atoms with Gasteiger partial charge in [-0.25, -0.2) is 0 Å². The van der Waals surface area contributed by atoms with Crippen LogP contribution in [0.15, 0.2) is 24.3 Å². The molecule has 0 aliphatic heterocycles. The molecule has 99 valence electrons. The van der Waals surface area contributed by atoms with Crippen LogP contribution in [-0.4, -0.2) is 5.97 Å². The number of hydrogen-bond acceptors (Lipinski definition) is 2. The van der Waals surface area contributed by atoms with E-state index in [1.165, 1.54) is 24.8 Å². The predicted molar refractivity (Wildman–Crippen MR) is 74.4 cm³/mol. The second-order valence-corrected chi connectivity index (χ2v) is 4.88. The van der Waals surface area contributed by atoms with Crippen molar-refractivity contribution in [1.29, 1.82) is 0 Å². The summed E-state index contributed by atoms with van der Waals surface area (Å²) in [5.74, 6) is 0.362. The zero-order valence-electron chi connectivity index (χ0n) is 11.4. The van der Waals surface area contributed by atoms with Gasteiger partial charge in [-0.1, -0.05) is 52.2 Å². The third-order valence-corrected chi connectivity index (χ3v) is 2.83. The lowest BCUT2D eigenvalue weighted by molar-refractivity contribution is -0.137. The summed E-state index contributed by atoms with van der Waals surface area (Å²) in [7, 11) is 0. The number of unbranched alkanes of at least 4 members (excludes halogenated alkanes) is 3. The summed E-state index contributed by atoms with van der Waals surface area (Å²) in [6.07, 6.45) is 5.72. The fraction of sp³-hybridized carbons (Fsp3) is 0.500. The molecule has 1 rings (SSSR count). The molecular formula is C16H23O2. The van der Waals surface area contributed by atoms with E-state index in [1.807, 2.05) is 38.1 Å². The highest BCUT2D eigenvalue weighted by Crippen LogP contribution is 2.15. The van der Waals surface area contributed by atoms with E-state index in [1.54, 1.807) is 0 Å². The number of rotatable bonds is 7. The lowest BCUT2D eigenvalue weighted by Crippen LogP contribution is -2.14. The Morgan fingerprint density at radius 3 is 2.39 bits per heavy atom. The molecule has 0 bridgehead atoms. The molecule has 0 amide bonds. The van der Waals surface area contributed by atoms with Gasteiger partial charge in [0.15, 0.2) is 0 Å². The quantitative estimate of drug-likeness (QED) is 0.410. The van der Waals surface area contributed by atoms with E-state index < -0.39 is 0 Å². The number of carbonyl (C=O) groups is 1. The Hall–Kier alpha value is -1.31. The van der Waals surface area contributed by atoms with Crippen molar-refractivity contribution >= 4 is 5.97 Å². The van der Waals surface area contributed by atoms with Gasteiger partial charge < -0.3 is 4.74 Å². The Morgan fingerprint density at radius 2 is 1.83 bits per heavy atom. The summed E-state index contributed by atoms with van der Waals surface area (Å²) in [5.41, 5.74) is 1.29. The molecule has 18 heavy (non-hydrogen) atoms. The molecule has 0 saturated carbocycles. The van der Waals surface area contributed by atoms with E-state index in [0.717, 1.165) is 12.8 Å². The molecule has 0 atom stereocenters. The van der Waals surface area contributed by atoms with Gasteiger partial charge in [0, 0.05) is 0 Å². The molecule has 0 aliphatic carbocycles. The Kier molecular flexibility index (Phi) is 6.48. The summed E-state index contributed by atoms with van der Waals surface area (Å²) < 4.78 is 5.23. The molecule has 2 nitrogen and oxygen atoms in total. The maximum atomic E-state index is 11.4. The molecule has 1 radical (unpaired) electrons. The standard InChI is InChI=1S/C16H23O2/c1-4-5-6-7-8-14-9-11-15(12-10-14)18-16(17)13(2)3/h9-13H,1,4-8H2,2-3H3. The minimum absolute atomic E-state index is 0.0904. The number of ether oxygens (including phenoxy) is 1. The van der Waals surface area contributed by atoms with Crippen LogP contribution in [0.4, 0.5) is 0 Å². The van der Waals surface area contributed by atoms with E-state index in [0.29, 0.717) is 5.75 Å². The molecule has 0 aromatic heterocycles. The van der Waals surface area contributed by atoms with Crippen molar-refractivity contribution in [3.63, 3.8) is 0 Å². The number of esters is 1. The zero-order chi connectivity index (χ0) is 13.4. The summed E-state index contributed by atoms with van der Waals surface area (Å²) in [6.45, 7) is 7.50. The lowest BCUT2D eigenvalue weighted by Gasteiger charge is -2.07. The molecular weight excluding hydrogens is 224 g/mol. The highest BCUT2D eigenvalue weighted by molar-refractivity contribution is 5.74. The first-order chi connectivity index (χ1) is 8.63. The fourth-order valence-corrected chi connectivity index (χ4v) is 1.64. The topological polar surface area (TPSA) is 26.3 Å². The fourth-order valence-electron chi connectivity index (χ4n) is 1.64. The van der Waals surface area contributed by atoms with Crippen LogP contribution in [0.2, 0.25) is 0 Å². The largest absolute Gasteiger partial charge is 0.426 e. The smallest absolute Gasteiger partial charge is 0.313 e. The third-order valence-electron chi connectivity index (χ3n) is 2.83. The first-order valence-corrected chi connectivity index (χ1v) is 6.73. The number of aryl methyl sites for hydroxylation is 1. The highest BCUT2D eigenvalue weighted by Gasteiger charge is 2.09. The minimum Gasteiger partial charge on any atom is -0.426 e. The van der Waals surface area contributed by atoms with Gasteiger partial charge >= 0.3 is 5.97 Å². The monoisotopic (exact) mass is 247 g/mol. The van der Waals surface area contributed by atoms with E-state index in [-0.39, 0.29) is 11.9 Å². The van der Waals surface area contributed by atoms with Gasteiger partial charge in [0.05, 0.1) is 5.92 Å². The summed E-state index contributed by atoms with van der Waals surface area (Å²) in [4.78, 5) is 11.4. The molecule has 0 unspecified atom stereocenters. The van der Waals surface area contributed by atoms with Crippen molar-refractivity contribution in [3.8, 4) is 5.75 Å². The van der Waals surface area contributed by atoms with Crippen molar-refractivity contribution in [2.75, 3.05) is 0 Å². The average molecular weight is 247 g/mol. The number of carbonyl (C=O) groups excluding carboxylic acids is 1. The molecule has 0 N–H and O–H groups in total. The Labute approximate surface area is 110 Å². The maximum absolute atomic E-state index is 11.4. The van der Waals surface area contributed by atoms with Crippen molar-refractivity contribution in [1.82, 2.24) is 0 Å². The molecule has 0 spiro atoms. The lowest BCUT2D eigenvalue weighted by atomic mass is 10.1. The van der Waals surface area contributed by atoms with Gasteiger partial charge in [0.1, 0.15) is 5.75 Å². The van der Waals surface area contributed by atoms with Crippen LogP contribution >= 0.6 is 0 Å². The van der Waals surface area contributed by atoms with Crippen LogP contribution in [-0.2, 0) is 11.2 Å². The van der Waals surface area contributed by atoms with Crippen molar-refractivity contribution in [3.05, 3.63) is 36.8 Å². The van der Waals surface area contributed by atoms with Crippen LogP contribution in [0.25, 0.3) is 0 Å². The Morgan fingerprint density at radius 1 is 1.17 bits per heavy atom. The summed E-state index contributed by atoms with van der Waals surface area (Å²) >= 11 is 0. The van der Waals surface area contributed by atoms with Crippen LogP contribution in [0, 0.1) is 12.8 Å². The van der Waals surface area contributed by atoms with Gasteiger partial charge in [0.2, 0.25) is 0 Å². The van der Waals surface area contributed by atoms with Gasteiger partial charge in [-0.15, -0.1) is 0 Å². The van der Waals surface area contributed by atoms with Crippen LogP contribution in [0.3, 0.4) is 0 Å². The average Bonchev–Trinajstić information content (AvgIpc) is 2.36. The van der Waals surface area contributed by atoms with E-state index in [9.17, 15) is 4.79 Å². The van der Waals surface area contributed by atoms with Crippen LogP contribution < -0.4 is 4.74 Å². The van der Waals surface area contributed by atoms with Crippen molar-refractivity contribution in [2.45, 2.75) is 46.0 Å². The predicted octanol–water partition coefficient (Wildman–Crippen LogP) is 4.18. The van der Waals surface area contributed by atoms with Gasteiger partial charge in [-0.05, 0) is 30.5 Å². The SMILES string of the molecule is [CH2]CCCCCc1ccc(OC(=O)C(C)C)cc1. The van der Waals surface area contributed by atoms with E-state index in [4.69, 9.17) is 4.74 Å². The van der Waals surface area contributed by atoms with Crippen molar-refractivity contribution in [2.24, 2.45) is 5.92 Å². The summed E-state index contributed by atoms with van der Waals surface area (Å²) in [6, 6.07) is 7.81.